The maximum absolute atomic E-state index is 5.84. The van der Waals surface area contributed by atoms with Crippen LogP contribution in [-0.4, -0.2) is 36.6 Å². The second-order valence-corrected chi connectivity index (χ2v) is 4.93. The van der Waals surface area contributed by atoms with E-state index in [0.29, 0.717) is 5.95 Å². The molecule has 0 amide bonds. The molecule has 0 aliphatic carbocycles. The molecule has 5 nitrogen and oxygen atoms in total. The van der Waals surface area contributed by atoms with Crippen molar-refractivity contribution in [2.24, 2.45) is 0 Å². The first-order valence-corrected chi connectivity index (χ1v) is 6.38. The highest BCUT2D eigenvalue weighted by Crippen LogP contribution is 2.33. The van der Waals surface area contributed by atoms with E-state index in [2.05, 4.69) is 26.8 Å². The predicted molar refractivity (Wildman–Crippen MR) is 69.5 cm³/mol. The molecule has 0 spiro atoms. The Morgan fingerprint density at radius 2 is 1.71 bits per heavy atom. The number of nitrogens with zero attached hydrogens (tertiary/aromatic N) is 4. The van der Waals surface area contributed by atoms with E-state index in [4.69, 9.17) is 5.73 Å². The minimum atomic E-state index is 0.402. The van der Waals surface area contributed by atoms with Gasteiger partial charge in [-0.1, -0.05) is 0 Å². The highest BCUT2D eigenvalue weighted by Gasteiger charge is 2.25. The fourth-order valence-corrected chi connectivity index (χ4v) is 2.81. The van der Waals surface area contributed by atoms with Gasteiger partial charge in [0, 0.05) is 32.2 Å². The highest BCUT2D eigenvalue weighted by molar-refractivity contribution is 5.64. The molecule has 1 aromatic rings. The molecule has 0 atom stereocenters. The van der Waals surface area contributed by atoms with E-state index in [1.165, 1.54) is 24.8 Å². The minimum Gasteiger partial charge on any atom is -0.368 e. The van der Waals surface area contributed by atoms with Crippen LogP contribution in [0.4, 0.5) is 17.6 Å². The van der Waals surface area contributed by atoms with Gasteiger partial charge in [-0.3, -0.25) is 0 Å². The Morgan fingerprint density at radius 1 is 1.00 bits per heavy atom. The van der Waals surface area contributed by atoms with Crippen molar-refractivity contribution in [1.82, 2.24) is 9.97 Å². The zero-order valence-electron chi connectivity index (χ0n) is 10.3. The van der Waals surface area contributed by atoms with Crippen LogP contribution in [0.1, 0.15) is 24.8 Å². The van der Waals surface area contributed by atoms with Crippen molar-refractivity contribution >= 4 is 17.6 Å². The van der Waals surface area contributed by atoms with Crippen LogP contribution in [0.5, 0.6) is 0 Å². The second-order valence-electron chi connectivity index (χ2n) is 4.93. The Labute approximate surface area is 102 Å². The molecule has 0 unspecified atom stereocenters. The van der Waals surface area contributed by atoms with E-state index in [-0.39, 0.29) is 0 Å². The fraction of sp³-hybridized carbons (Fsp3) is 0.667. The molecule has 1 fully saturated rings. The topological polar surface area (TPSA) is 58.3 Å². The lowest BCUT2D eigenvalue weighted by atomic mass is 10.1. The SMILES string of the molecule is CN1CCCc2c1nc(N)nc2N1CCCC1. The molecule has 2 aliphatic rings. The average Bonchev–Trinajstić information content (AvgIpc) is 2.83. The van der Waals surface area contributed by atoms with Crippen LogP contribution in [0.3, 0.4) is 0 Å². The van der Waals surface area contributed by atoms with Gasteiger partial charge in [0.25, 0.3) is 0 Å². The van der Waals surface area contributed by atoms with E-state index in [0.717, 1.165) is 37.7 Å². The Hall–Kier alpha value is -1.52. The summed E-state index contributed by atoms with van der Waals surface area (Å²) in [7, 11) is 2.08. The normalized spacial score (nSPS) is 19.6. The molecule has 3 rings (SSSR count). The molecule has 0 aromatic carbocycles. The summed E-state index contributed by atoms with van der Waals surface area (Å²) in [6, 6.07) is 0. The maximum Gasteiger partial charge on any atom is 0.223 e. The summed E-state index contributed by atoms with van der Waals surface area (Å²) >= 11 is 0. The van der Waals surface area contributed by atoms with Crippen LogP contribution in [0.25, 0.3) is 0 Å². The zero-order chi connectivity index (χ0) is 11.8. The first-order chi connectivity index (χ1) is 8.25. The smallest absolute Gasteiger partial charge is 0.223 e. The van der Waals surface area contributed by atoms with Crippen LogP contribution in [0.15, 0.2) is 0 Å². The number of hydrogen-bond acceptors (Lipinski definition) is 5. The van der Waals surface area contributed by atoms with Gasteiger partial charge in [-0.15, -0.1) is 0 Å². The van der Waals surface area contributed by atoms with Crippen LogP contribution in [0, 0.1) is 0 Å². The summed E-state index contributed by atoms with van der Waals surface area (Å²) in [5.74, 6) is 2.52. The lowest BCUT2D eigenvalue weighted by Gasteiger charge is -2.30. The zero-order valence-corrected chi connectivity index (χ0v) is 10.3. The molecule has 5 heteroatoms. The largest absolute Gasteiger partial charge is 0.368 e. The van der Waals surface area contributed by atoms with Crippen molar-refractivity contribution < 1.29 is 0 Å². The monoisotopic (exact) mass is 233 g/mol. The van der Waals surface area contributed by atoms with E-state index in [1.54, 1.807) is 0 Å². The summed E-state index contributed by atoms with van der Waals surface area (Å²) in [4.78, 5) is 13.4. The van der Waals surface area contributed by atoms with Gasteiger partial charge < -0.3 is 15.5 Å². The number of nitrogen functional groups attached to an aromatic ring is 1. The van der Waals surface area contributed by atoms with Gasteiger partial charge in [0.05, 0.1) is 0 Å². The third kappa shape index (κ3) is 1.79. The van der Waals surface area contributed by atoms with Crippen molar-refractivity contribution in [1.29, 1.82) is 0 Å². The molecule has 2 N–H and O–H groups in total. The van der Waals surface area contributed by atoms with E-state index in [1.807, 2.05) is 0 Å². The number of fused-ring (bicyclic) bond motifs is 1. The van der Waals surface area contributed by atoms with Gasteiger partial charge in [0.1, 0.15) is 11.6 Å². The molecule has 1 aromatic heterocycles. The van der Waals surface area contributed by atoms with Gasteiger partial charge in [0.15, 0.2) is 0 Å². The van der Waals surface area contributed by atoms with Crippen LogP contribution < -0.4 is 15.5 Å². The second kappa shape index (κ2) is 4.05. The average molecular weight is 233 g/mol. The van der Waals surface area contributed by atoms with Crippen molar-refractivity contribution in [3.8, 4) is 0 Å². The van der Waals surface area contributed by atoms with Crippen LogP contribution >= 0.6 is 0 Å². The lowest BCUT2D eigenvalue weighted by molar-refractivity contribution is 0.720. The Bertz CT molecular complexity index is 425. The molecular formula is C12H19N5. The number of anilines is 3. The lowest BCUT2D eigenvalue weighted by Crippen LogP contribution is -2.30. The summed E-state index contributed by atoms with van der Waals surface area (Å²) < 4.78 is 0. The molecule has 2 aliphatic heterocycles. The summed E-state index contributed by atoms with van der Waals surface area (Å²) in [5, 5.41) is 0. The predicted octanol–water partition coefficient (Wildman–Crippen LogP) is 1.04. The van der Waals surface area contributed by atoms with E-state index < -0.39 is 0 Å². The van der Waals surface area contributed by atoms with Crippen LogP contribution in [-0.2, 0) is 6.42 Å². The number of hydrogen-bond donors (Lipinski definition) is 1. The van der Waals surface area contributed by atoms with Crippen molar-refractivity contribution in [3.05, 3.63) is 5.56 Å². The van der Waals surface area contributed by atoms with Gasteiger partial charge in [0.2, 0.25) is 5.95 Å². The standard InChI is InChI=1S/C12H19N5/c1-16-6-4-5-9-10(16)14-12(13)15-11(9)17-7-2-3-8-17/h2-8H2,1H3,(H2,13,14,15). The minimum absolute atomic E-state index is 0.402. The summed E-state index contributed by atoms with van der Waals surface area (Å²) in [6.07, 6.45) is 4.77. The fourth-order valence-electron chi connectivity index (χ4n) is 2.81. The number of nitrogens with two attached hydrogens (primary N) is 1. The Morgan fingerprint density at radius 3 is 2.47 bits per heavy atom. The third-order valence-electron chi connectivity index (χ3n) is 3.67. The Balaban J connectivity index is 2.07. The van der Waals surface area contributed by atoms with Crippen molar-refractivity contribution in [2.45, 2.75) is 25.7 Å². The van der Waals surface area contributed by atoms with Crippen LogP contribution in [0.2, 0.25) is 0 Å². The first kappa shape index (κ1) is 10.6. The Kier molecular flexibility index (Phi) is 2.53. The highest BCUT2D eigenvalue weighted by atomic mass is 15.3. The van der Waals surface area contributed by atoms with E-state index >= 15 is 0 Å². The number of rotatable bonds is 1. The maximum atomic E-state index is 5.84. The summed E-state index contributed by atoms with van der Waals surface area (Å²) in [6.45, 7) is 3.27. The molecule has 0 saturated carbocycles. The molecule has 0 radical (unpaired) electrons. The van der Waals surface area contributed by atoms with Crippen molar-refractivity contribution in [3.63, 3.8) is 0 Å². The quantitative estimate of drug-likeness (QED) is 0.785. The molecule has 0 bridgehead atoms. The molecule has 17 heavy (non-hydrogen) atoms. The summed E-state index contributed by atoms with van der Waals surface area (Å²) in [5.41, 5.74) is 7.12. The van der Waals surface area contributed by atoms with Gasteiger partial charge in [-0.2, -0.15) is 9.97 Å². The first-order valence-electron chi connectivity index (χ1n) is 6.38. The van der Waals surface area contributed by atoms with Gasteiger partial charge in [-0.05, 0) is 25.7 Å². The van der Waals surface area contributed by atoms with Gasteiger partial charge >= 0.3 is 0 Å². The molecule has 1 saturated heterocycles. The molecular weight excluding hydrogens is 214 g/mol. The third-order valence-corrected chi connectivity index (χ3v) is 3.67. The number of aromatic nitrogens is 2. The van der Waals surface area contributed by atoms with Crippen molar-refractivity contribution in [2.75, 3.05) is 42.2 Å². The molecule has 92 valence electrons. The molecule has 3 heterocycles. The van der Waals surface area contributed by atoms with Gasteiger partial charge in [-0.25, -0.2) is 0 Å². The van der Waals surface area contributed by atoms with E-state index in [9.17, 15) is 0 Å².